The molecule has 1 aliphatic heterocycles. The number of piperidine rings is 1. The molecule has 1 aromatic rings. The van der Waals surface area contributed by atoms with E-state index >= 15 is 0 Å². The van der Waals surface area contributed by atoms with Gasteiger partial charge in [-0.2, -0.15) is 0 Å². The van der Waals surface area contributed by atoms with Crippen molar-refractivity contribution in [3.8, 4) is 0 Å². The Labute approximate surface area is 137 Å². The number of hydrogen-bond acceptors (Lipinski definition) is 4. The Balaban J connectivity index is 1.41. The Hall–Kier alpha value is -1.53. The fraction of sp³-hybridized carbons (Fsp3) is 0.706. The Bertz CT molecular complexity index is 543. The maximum Gasteiger partial charge on any atom is 0.315 e. The molecule has 1 aromatic heterocycles. The molecule has 23 heavy (non-hydrogen) atoms. The zero-order valence-corrected chi connectivity index (χ0v) is 14.0. The number of hydrogen-bond donors (Lipinski definition) is 3. The van der Waals surface area contributed by atoms with Crippen molar-refractivity contribution >= 4 is 6.03 Å². The molecule has 0 bridgehead atoms. The second-order valence-corrected chi connectivity index (χ2v) is 7.05. The maximum atomic E-state index is 12.0. The van der Waals surface area contributed by atoms with Crippen LogP contribution in [-0.2, 0) is 5.60 Å². The summed E-state index contributed by atoms with van der Waals surface area (Å²) in [4.78, 5) is 14.6. The van der Waals surface area contributed by atoms with E-state index in [-0.39, 0.29) is 18.6 Å². The quantitative estimate of drug-likeness (QED) is 0.772. The van der Waals surface area contributed by atoms with Gasteiger partial charge in [0.25, 0.3) is 0 Å². The minimum absolute atomic E-state index is 0.118. The number of aliphatic hydroxyl groups is 1. The minimum Gasteiger partial charge on any atom is -0.463 e. The van der Waals surface area contributed by atoms with E-state index < -0.39 is 5.60 Å². The zero-order chi connectivity index (χ0) is 16.4. The Morgan fingerprint density at radius 1 is 1.35 bits per heavy atom. The highest BCUT2D eigenvalue weighted by atomic mass is 16.4. The fourth-order valence-corrected chi connectivity index (χ4v) is 3.15. The van der Waals surface area contributed by atoms with E-state index in [0.29, 0.717) is 5.76 Å². The van der Waals surface area contributed by atoms with E-state index in [1.807, 2.05) is 6.92 Å². The van der Waals surface area contributed by atoms with Gasteiger partial charge in [0.2, 0.25) is 0 Å². The van der Waals surface area contributed by atoms with Crippen molar-refractivity contribution < 1.29 is 14.3 Å². The number of carbonyl (C=O) groups is 1. The van der Waals surface area contributed by atoms with Crippen LogP contribution in [-0.4, -0.2) is 47.8 Å². The lowest BCUT2D eigenvalue weighted by Crippen LogP contribution is -2.50. The lowest BCUT2D eigenvalue weighted by Gasteiger charge is -2.32. The number of urea groups is 1. The van der Waals surface area contributed by atoms with Gasteiger partial charge in [0.1, 0.15) is 17.1 Å². The average molecular weight is 321 g/mol. The zero-order valence-electron chi connectivity index (χ0n) is 14.0. The molecule has 2 heterocycles. The number of furan rings is 1. The van der Waals surface area contributed by atoms with Crippen molar-refractivity contribution in [3.05, 3.63) is 23.7 Å². The third-order valence-electron chi connectivity index (χ3n) is 4.79. The summed E-state index contributed by atoms with van der Waals surface area (Å²) in [5.41, 5.74) is -1.21. The molecular formula is C17H27N3O3. The lowest BCUT2D eigenvalue weighted by molar-refractivity contribution is 0.0358. The Morgan fingerprint density at radius 3 is 2.61 bits per heavy atom. The molecule has 3 rings (SSSR count). The lowest BCUT2D eigenvalue weighted by atomic mass is 10.0. The second kappa shape index (κ2) is 6.53. The van der Waals surface area contributed by atoms with Crippen LogP contribution in [0.4, 0.5) is 4.79 Å². The predicted molar refractivity (Wildman–Crippen MR) is 87.2 cm³/mol. The van der Waals surface area contributed by atoms with Crippen molar-refractivity contribution in [2.75, 3.05) is 19.6 Å². The number of nitrogens with zero attached hydrogens (tertiary/aromatic N) is 1. The first-order chi connectivity index (χ1) is 10.9. The summed E-state index contributed by atoms with van der Waals surface area (Å²) in [5, 5.41) is 16.2. The van der Waals surface area contributed by atoms with Crippen molar-refractivity contribution in [3.63, 3.8) is 0 Å². The molecule has 1 atom stereocenters. The van der Waals surface area contributed by atoms with E-state index in [1.54, 1.807) is 19.1 Å². The number of amides is 2. The standard InChI is InChI=1S/C17H27N3O3/c1-12-3-6-15(23-12)17(2,22)11-18-16(21)19-13-7-9-20(10-8-13)14-4-5-14/h3,6,13-14,22H,4-5,7-11H2,1-2H3,(H2,18,19,21). The van der Waals surface area contributed by atoms with Gasteiger partial charge in [0.15, 0.2) is 0 Å². The number of carbonyl (C=O) groups excluding carboxylic acids is 1. The number of nitrogens with one attached hydrogen (secondary N) is 2. The highest BCUT2D eigenvalue weighted by Crippen LogP contribution is 2.29. The summed E-state index contributed by atoms with van der Waals surface area (Å²) in [5.74, 6) is 1.21. The summed E-state index contributed by atoms with van der Waals surface area (Å²) >= 11 is 0. The highest BCUT2D eigenvalue weighted by Gasteiger charge is 2.32. The number of likely N-dealkylation sites (tertiary alicyclic amines) is 1. The van der Waals surface area contributed by atoms with Gasteiger partial charge in [-0.05, 0) is 51.7 Å². The van der Waals surface area contributed by atoms with Gasteiger partial charge in [0, 0.05) is 25.2 Å². The third-order valence-corrected chi connectivity index (χ3v) is 4.79. The maximum absolute atomic E-state index is 12.0. The Morgan fingerprint density at radius 2 is 2.04 bits per heavy atom. The molecule has 2 fully saturated rings. The van der Waals surface area contributed by atoms with Crippen LogP contribution < -0.4 is 10.6 Å². The van der Waals surface area contributed by atoms with Crippen molar-refractivity contribution in [1.29, 1.82) is 0 Å². The van der Waals surface area contributed by atoms with Crippen LogP contribution in [0.25, 0.3) is 0 Å². The van der Waals surface area contributed by atoms with Gasteiger partial charge in [-0.15, -0.1) is 0 Å². The topological polar surface area (TPSA) is 77.7 Å². The molecule has 0 radical (unpaired) electrons. The van der Waals surface area contributed by atoms with Gasteiger partial charge < -0.3 is 25.1 Å². The summed E-state index contributed by atoms with van der Waals surface area (Å²) in [6.45, 7) is 5.72. The molecule has 0 aromatic carbocycles. The first kappa shape index (κ1) is 16.3. The van der Waals surface area contributed by atoms with Gasteiger partial charge >= 0.3 is 6.03 Å². The monoisotopic (exact) mass is 321 g/mol. The Kier molecular flexibility index (Phi) is 4.64. The minimum atomic E-state index is -1.21. The van der Waals surface area contributed by atoms with Crippen molar-refractivity contribution in [2.45, 2.75) is 57.2 Å². The van der Waals surface area contributed by atoms with E-state index in [1.165, 1.54) is 12.8 Å². The molecule has 0 spiro atoms. The molecule has 1 saturated heterocycles. The van der Waals surface area contributed by atoms with Crippen LogP contribution in [0.5, 0.6) is 0 Å². The molecule has 2 aliphatic rings. The smallest absolute Gasteiger partial charge is 0.315 e. The van der Waals surface area contributed by atoms with Crippen molar-refractivity contribution in [2.24, 2.45) is 0 Å². The number of rotatable bonds is 5. The molecule has 3 N–H and O–H groups in total. The fourth-order valence-electron chi connectivity index (χ4n) is 3.15. The van der Waals surface area contributed by atoms with Gasteiger partial charge in [-0.25, -0.2) is 4.79 Å². The molecular weight excluding hydrogens is 294 g/mol. The van der Waals surface area contributed by atoms with Gasteiger partial charge in [-0.1, -0.05) is 0 Å². The van der Waals surface area contributed by atoms with Crippen LogP contribution in [0.3, 0.4) is 0 Å². The van der Waals surface area contributed by atoms with Crippen LogP contribution in [0.15, 0.2) is 16.5 Å². The molecule has 2 amide bonds. The molecule has 1 saturated carbocycles. The van der Waals surface area contributed by atoms with E-state index in [4.69, 9.17) is 4.42 Å². The van der Waals surface area contributed by atoms with Crippen LogP contribution >= 0.6 is 0 Å². The van der Waals surface area contributed by atoms with E-state index in [0.717, 1.165) is 37.7 Å². The first-order valence-electron chi connectivity index (χ1n) is 8.52. The van der Waals surface area contributed by atoms with Crippen LogP contribution in [0.2, 0.25) is 0 Å². The third kappa shape index (κ3) is 4.26. The average Bonchev–Trinajstić information content (AvgIpc) is 3.27. The summed E-state index contributed by atoms with van der Waals surface area (Å²) in [7, 11) is 0. The largest absolute Gasteiger partial charge is 0.463 e. The summed E-state index contributed by atoms with van der Waals surface area (Å²) < 4.78 is 5.44. The molecule has 1 unspecified atom stereocenters. The van der Waals surface area contributed by atoms with Crippen LogP contribution in [0.1, 0.15) is 44.1 Å². The molecule has 6 heteroatoms. The van der Waals surface area contributed by atoms with Crippen molar-refractivity contribution in [1.82, 2.24) is 15.5 Å². The number of aryl methyl sites for hydroxylation is 1. The summed E-state index contributed by atoms with van der Waals surface area (Å²) in [6, 6.07) is 4.34. The van der Waals surface area contributed by atoms with Crippen LogP contribution in [0, 0.1) is 6.92 Å². The SMILES string of the molecule is Cc1ccc(C(C)(O)CNC(=O)NC2CCN(C3CC3)CC2)o1. The van der Waals surface area contributed by atoms with E-state index in [9.17, 15) is 9.90 Å². The highest BCUT2D eigenvalue weighted by molar-refractivity contribution is 5.74. The normalized spacial score (nSPS) is 22.6. The molecule has 6 nitrogen and oxygen atoms in total. The van der Waals surface area contributed by atoms with Gasteiger partial charge in [0.05, 0.1) is 6.54 Å². The summed E-state index contributed by atoms with van der Waals surface area (Å²) in [6.07, 6.45) is 4.66. The molecule has 128 valence electrons. The second-order valence-electron chi connectivity index (χ2n) is 7.05. The predicted octanol–water partition coefficient (Wildman–Crippen LogP) is 1.72. The molecule has 1 aliphatic carbocycles. The van der Waals surface area contributed by atoms with E-state index in [2.05, 4.69) is 15.5 Å². The van der Waals surface area contributed by atoms with Gasteiger partial charge in [-0.3, -0.25) is 0 Å². The first-order valence-corrected chi connectivity index (χ1v) is 8.52.